The highest BCUT2D eigenvalue weighted by molar-refractivity contribution is 5.95. The molecule has 0 unspecified atom stereocenters. The molecule has 186 valence electrons. The molecule has 0 saturated carbocycles. The van der Waals surface area contributed by atoms with Gasteiger partial charge in [0.1, 0.15) is 0 Å². The highest BCUT2D eigenvalue weighted by Gasteiger charge is 2.27. The smallest absolute Gasteiger partial charge is 0.254 e. The molecule has 1 amide bonds. The van der Waals surface area contributed by atoms with Crippen LogP contribution in [0.2, 0.25) is 0 Å². The Morgan fingerprint density at radius 3 is 2.20 bits per heavy atom. The van der Waals surface area contributed by atoms with Gasteiger partial charge in [0.05, 0.1) is 19.8 Å². The van der Waals surface area contributed by atoms with Crippen LogP contribution in [0.5, 0.6) is 17.2 Å². The van der Waals surface area contributed by atoms with Crippen LogP contribution >= 0.6 is 0 Å². The lowest BCUT2D eigenvalue weighted by Crippen LogP contribution is -2.39. The fourth-order valence-corrected chi connectivity index (χ4v) is 4.32. The van der Waals surface area contributed by atoms with E-state index < -0.39 is 0 Å². The predicted octanol–water partition coefficient (Wildman–Crippen LogP) is 5.03. The van der Waals surface area contributed by atoms with Crippen molar-refractivity contribution in [2.24, 2.45) is 5.92 Å². The Hall–Kier alpha value is -3.55. The first-order valence-electron chi connectivity index (χ1n) is 12.4. The van der Waals surface area contributed by atoms with Gasteiger partial charge in [-0.25, -0.2) is 0 Å². The second kappa shape index (κ2) is 11.7. The van der Waals surface area contributed by atoms with Gasteiger partial charge in [-0.1, -0.05) is 35.5 Å². The Bertz CT molecular complexity index is 1080. The Morgan fingerprint density at radius 1 is 0.971 bits per heavy atom. The minimum atomic E-state index is -0.0300. The van der Waals surface area contributed by atoms with Crippen LogP contribution < -0.4 is 14.2 Å². The minimum Gasteiger partial charge on any atom is -0.490 e. The van der Waals surface area contributed by atoms with Crippen LogP contribution in [0.1, 0.15) is 49.9 Å². The highest BCUT2D eigenvalue weighted by Crippen LogP contribution is 2.39. The number of nitrogens with zero attached hydrogens (tertiary/aromatic N) is 3. The van der Waals surface area contributed by atoms with Crippen molar-refractivity contribution in [2.75, 3.05) is 32.9 Å². The summed E-state index contributed by atoms with van der Waals surface area (Å²) < 4.78 is 22.8. The van der Waals surface area contributed by atoms with Gasteiger partial charge < -0.3 is 23.6 Å². The summed E-state index contributed by atoms with van der Waals surface area (Å²) in [5.74, 6) is 3.22. The van der Waals surface area contributed by atoms with Crippen molar-refractivity contribution in [3.8, 4) is 28.6 Å². The van der Waals surface area contributed by atoms with Crippen LogP contribution in [0.25, 0.3) is 11.4 Å². The topological polar surface area (TPSA) is 86.9 Å². The first kappa shape index (κ1) is 24.6. The van der Waals surface area contributed by atoms with E-state index in [9.17, 15) is 4.79 Å². The first-order valence-corrected chi connectivity index (χ1v) is 12.4. The normalized spacial score (nSPS) is 14.1. The van der Waals surface area contributed by atoms with Crippen molar-refractivity contribution in [3.63, 3.8) is 0 Å². The van der Waals surface area contributed by atoms with Gasteiger partial charge in [0.15, 0.2) is 11.5 Å². The Balaban J connectivity index is 1.40. The van der Waals surface area contributed by atoms with Crippen molar-refractivity contribution >= 4 is 5.91 Å². The van der Waals surface area contributed by atoms with E-state index in [4.69, 9.17) is 18.7 Å². The maximum Gasteiger partial charge on any atom is 0.254 e. The van der Waals surface area contributed by atoms with Crippen molar-refractivity contribution in [3.05, 3.63) is 53.9 Å². The fraction of sp³-hybridized carbons (Fsp3) is 0.444. The number of piperidine rings is 1. The predicted molar refractivity (Wildman–Crippen MR) is 132 cm³/mol. The van der Waals surface area contributed by atoms with E-state index >= 15 is 0 Å². The number of benzene rings is 2. The summed E-state index contributed by atoms with van der Waals surface area (Å²) in [6.07, 6.45) is 2.47. The number of rotatable bonds is 10. The second-order valence-electron chi connectivity index (χ2n) is 8.42. The molecular weight excluding hydrogens is 446 g/mol. The molecule has 1 fully saturated rings. The van der Waals surface area contributed by atoms with E-state index in [1.54, 1.807) is 12.1 Å². The van der Waals surface area contributed by atoms with Crippen molar-refractivity contribution in [2.45, 2.75) is 40.0 Å². The molecule has 0 radical (unpaired) electrons. The van der Waals surface area contributed by atoms with Gasteiger partial charge >= 0.3 is 0 Å². The van der Waals surface area contributed by atoms with Gasteiger partial charge in [0.25, 0.3) is 5.91 Å². The number of carbonyl (C=O) groups excluding carboxylic acids is 1. The van der Waals surface area contributed by atoms with E-state index in [0.29, 0.717) is 79.8 Å². The third-order valence-electron chi connectivity index (χ3n) is 6.02. The number of amides is 1. The Morgan fingerprint density at radius 2 is 1.60 bits per heavy atom. The standard InChI is InChI=1S/C27H33N3O5/c1-4-32-22-17-21(18-23(33-5-2)25(22)34-6-3)27(31)30-14-12-19(13-15-30)16-24-28-26(29-35-24)20-10-8-7-9-11-20/h7-11,17-19H,4-6,12-16H2,1-3H3. The van der Waals surface area contributed by atoms with Crippen LogP contribution in [-0.4, -0.2) is 53.9 Å². The van der Waals surface area contributed by atoms with Gasteiger partial charge in [-0.05, 0) is 51.7 Å². The zero-order valence-electron chi connectivity index (χ0n) is 20.7. The summed E-state index contributed by atoms with van der Waals surface area (Å²) in [4.78, 5) is 19.8. The van der Waals surface area contributed by atoms with Gasteiger partial charge in [-0.2, -0.15) is 4.98 Å². The van der Waals surface area contributed by atoms with Gasteiger partial charge in [0.2, 0.25) is 17.5 Å². The zero-order valence-corrected chi connectivity index (χ0v) is 20.7. The van der Waals surface area contributed by atoms with Crippen LogP contribution in [0, 0.1) is 5.92 Å². The maximum atomic E-state index is 13.3. The zero-order chi connectivity index (χ0) is 24.6. The van der Waals surface area contributed by atoms with E-state index in [-0.39, 0.29) is 5.91 Å². The van der Waals surface area contributed by atoms with E-state index in [1.165, 1.54) is 0 Å². The van der Waals surface area contributed by atoms with Crippen LogP contribution in [-0.2, 0) is 6.42 Å². The summed E-state index contributed by atoms with van der Waals surface area (Å²) in [5.41, 5.74) is 1.49. The number of likely N-dealkylation sites (tertiary alicyclic amines) is 1. The lowest BCUT2D eigenvalue weighted by Gasteiger charge is -2.31. The number of hydrogen-bond donors (Lipinski definition) is 0. The Labute approximate surface area is 206 Å². The molecule has 0 atom stereocenters. The van der Waals surface area contributed by atoms with Crippen molar-refractivity contribution < 1.29 is 23.5 Å². The summed E-state index contributed by atoms with van der Waals surface area (Å²) >= 11 is 0. The molecule has 1 aromatic heterocycles. The lowest BCUT2D eigenvalue weighted by molar-refractivity contribution is 0.0686. The van der Waals surface area contributed by atoms with E-state index in [2.05, 4.69) is 10.1 Å². The molecule has 0 aliphatic carbocycles. The molecule has 8 heteroatoms. The summed E-state index contributed by atoms with van der Waals surface area (Å²) in [6, 6.07) is 13.3. The molecule has 4 rings (SSSR count). The average molecular weight is 480 g/mol. The molecule has 1 saturated heterocycles. The summed E-state index contributed by atoms with van der Waals surface area (Å²) in [6.45, 7) is 8.48. The molecule has 35 heavy (non-hydrogen) atoms. The van der Waals surface area contributed by atoms with Crippen molar-refractivity contribution in [1.29, 1.82) is 0 Å². The number of aromatic nitrogens is 2. The number of hydrogen-bond acceptors (Lipinski definition) is 7. The van der Waals surface area contributed by atoms with Crippen LogP contribution in [0.3, 0.4) is 0 Å². The molecule has 0 spiro atoms. The first-order chi connectivity index (χ1) is 17.1. The minimum absolute atomic E-state index is 0.0300. The molecule has 3 aromatic rings. The number of carbonyl (C=O) groups is 1. The summed E-state index contributed by atoms with van der Waals surface area (Å²) in [7, 11) is 0. The largest absolute Gasteiger partial charge is 0.490 e. The van der Waals surface area contributed by atoms with Gasteiger partial charge in [0, 0.05) is 30.6 Å². The maximum absolute atomic E-state index is 13.3. The number of ether oxygens (including phenoxy) is 3. The summed E-state index contributed by atoms with van der Waals surface area (Å²) in [5, 5.41) is 4.12. The molecular formula is C27H33N3O5. The SMILES string of the molecule is CCOc1cc(C(=O)N2CCC(Cc3nc(-c4ccccc4)no3)CC2)cc(OCC)c1OCC. The lowest BCUT2D eigenvalue weighted by atomic mass is 9.93. The van der Waals surface area contributed by atoms with Crippen LogP contribution in [0.15, 0.2) is 47.0 Å². The van der Waals surface area contributed by atoms with E-state index in [1.807, 2.05) is 56.0 Å². The fourth-order valence-electron chi connectivity index (χ4n) is 4.32. The van der Waals surface area contributed by atoms with E-state index in [0.717, 1.165) is 18.4 Å². The second-order valence-corrected chi connectivity index (χ2v) is 8.42. The molecule has 1 aliphatic heterocycles. The third kappa shape index (κ3) is 5.93. The van der Waals surface area contributed by atoms with Gasteiger partial charge in [-0.3, -0.25) is 4.79 Å². The molecule has 8 nitrogen and oxygen atoms in total. The molecule has 2 heterocycles. The molecule has 2 aromatic carbocycles. The molecule has 0 bridgehead atoms. The van der Waals surface area contributed by atoms with Gasteiger partial charge in [-0.15, -0.1) is 0 Å². The molecule has 0 N–H and O–H groups in total. The quantitative estimate of drug-likeness (QED) is 0.403. The highest BCUT2D eigenvalue weighted by atomic mass is 16.5. The average Bonchev–Trinajstić information content (AvgIpc) is 3.35. The van der Waals surface area contributed by atoms with Crippen molar-refractivity contribution in [1.82, 2.24) is 15.0 Å². The third-order valence-corrected chi connectivity index (χ3v) is 6.02. The Kier molecular flexibility index (Phi) is 8.23. The molecule has 1 aliphatic rings. The van der Waals surface area contributed by atoms with Crippen LogP contribution in [0.4, 0.5) is 0 Å². The monoisotopic (exact) mass is 479 g/mol.